The Bertz CT molecular complexity index is 995. The molecule has 2 aromatic heterocycles. The van der Waals surface area contributed by atoms with Crippen molar-refractivity contribution in [2.24, 2.45) is 0 Å². The van der Waals surface area contributed by atoms with Crippen molar-refractivity contribution in [3.05, 3.63) is 30.5 Å². The van der Waals surface area contributed by atoms with Crippen LogP contribution in [0, 0.1) is 22.7 Å². The number of benzene rings is 1. The molecule has 0 bridgehead atoms. The lowest BCUT2D eigenvalue weighted by atomic mass is 10.2. The van der Waals surface area contributed by atoms with Gasteiger partial charge in [0.25, 0.3) is 11.1 Å². The van der Waals surface area contributed by atoms with Crippen LogP contribution in [0.5, 0.6) is 0 Å². The van der Waals surface area contributed by atoms with Crippen molar-refractivity contribution in [1.29, 1.82) is 10.5 Å². The van der Waals surface area contributed by atoms with Crippen LogP contribution in [0.3, 0.4) is 0 Å². The number of nitrogens with zero attached hydrogens (tertiary/aromatic N) is 5. The fourth-order valence-electron chi connectivity index (χ4n) is 2.57. The van der Waals surface area contributed by atoms with Gasteiger partial charge in [-0.15, -0.1) is 10.2 Å². The summed E-state index contributed by atoms with van der Waals surface area (Å²) < 4.78 is 5.67. The predicted molar refractivity (Wildman–Crippen MR) is 99.4 cm³/mol. The van der Waals surface area contributed by atoms with E-state index in [0.29, 0.717) is 24.2 Å². The molecule has 0 saturated carbocycles. The lowest BCUT2D eigenvalue weighted by Crippen LogP contribution is -2.34. The number of nitriles is 2. The van der Waals surface area contributed by atoms with Gasteiger partial charge < -0.3 is 14.3 Å². The number of carbonyl (C=O) groups is 1. The van der Waals surface area contributed by atoms with Gasteiger partial charge in [-0.25, -0.2) is 0 Å². The Morgan fingerprint density at radius 1 is 1.19 bits per heavy atom. The Morgan fingerprint density at radius 3 is 2.67 bits per heavy atom. The highest BCUT2D eigenvalue weighted by molar-refractivity contribution is 7.99. The summed E-state index contributed by atoms with van der Waals surface area (Å²) in [6.45, 7) is 0.615. The Hall–Kier alpha value is -3.30. The average molecular weight is 380 g/mol. The molecule has 3 aromatic rings. The molecule has 0 radical (unpaired) electrons. The van der Waals surface area contributed by atoms with Gasteiger partial charge >= 0.3 is 0 Å². The SMILES string of the molecule is N#CCCN(CCC#N)C(=O)CSc1nnc(-c2c[nH]c3ccccc23)o1. The molecule has 0 atom stereocenters. The number of thioether (sulfide) groups is 1. The highest BCUT2D eigenvalue weighted by atomic mass is 32.2. The summed E-state index contributed by atoms with van der Waals surface area (Å²) in [7, 11) is 0. The van der Waals surface area contributed by atoms with Crippen LogP contribution < -0.4 is 0 Å². The number of amides is 1. The van der Waals surface area contributed by atoms with Gasteiger partial charge in [0.1, 0.15) is 0 Å². The van der Waals surface area contributed by atoms with Gasteiger partial charge in [-0.1, -0.05) is 30.0 Å². The lowest BCUT2D eigenvalue weighted by Gasteiger charge is -2.19. The van der Waals surface area contributed by atoms with E-state index >= 15 is 0 Å². The van der Waals surface area contributed by atoms with E-state index in [1.54, 1.807) is 0 Å². The quantitative estimate of drug-likeness (QED) is 0.596. The van der Waals surface area contributed by atoms with Crippen molar-refractivity contribution in [1.82, 2.24) is 20.1 Å². The summed E-state index contributed by atoms with van der Waals surface area (Å²) >= 11 is 1.14. The largest absolute Gasteiger partial charge is 0.411 e. The molecule has 27 heavy (non-hydrogen) atoms. The zero-order valence-corrected chi connectivity index (χ0v) is 15.2. The minimum Gasteiger partial charge on any atom is -0.411 e. The number of fused-ring (bicyclic) bond motifs is 1. The summed E-state index contributed by atoms with van der Waals surface area (Å²) in [4.78, 5) is 17.0. The first-order chi connectivity index (χ1) is 13.2. The third-order valence-electron chi connectivity index (χ3n) is 3.88. The Balaban J connectivity index is 1.64. The molecule has 9 heteroatoms. The van der Waals surface area contributed by atoms with E-state index in [-0.39, 0.29) is 24.5 Å². The van der Waals surface area contributed by atoms with E-state index in [1.165, 1.54) is 4.90 Å². The van der Waals surface area contributed by atoms with Gasteiger partial charge in [0.05, 0.1) is 36.3 Å². The molecule has 0 unspecified atom stereocenters. The topological polar surface area (TPSA) is 123 Å². The van der Waals surface area contributed by atoms with Gasteiger partial charge in [0.15, 0.2) is 0 Å². The van der Waals surface area contributed by atoms with Crippen molar-refractivity contribution in [3.63, 3.8) is 0 Å². The second-order valence-electron chi connectivity index (χ2n) is 5.61. The van der Waals surface area contributed by atoms with Crippen molar-refractivity contribution in [3.8, 4) is 23.6 Å². The average Bonchev–Trinajstić information content (AvgIpc) is 3.33. The molecule has 136 valence electrons. The molecule has 0 aliphatic heterocycles. The first-order valence-electron chi connectivity index (χ1n) is 8.27. The second-order valence-corrected chi connectivity index (χ2v) is 6.53. The molecule has 3 rings (SSSR count). The lowest BCUT2D eigenvalue weighted by molar-refractivity contribution is -0.128. The number of H-pyrrole nitrogens is 1. The van der Waals surface area contributed by atoms with Crippen LogP contribution in [0.15, 0.2) is 40.1 Å². The first kappa shape index (κ1) is 18.5. The molecule has 0 spiro atoms. The monoisotopic (exact) mass is 380 g/mol. The number of hydrogen-bond donors (Lipinski definition) is 1. The summed E-state index contributed by atoms with van der Waals surface area (Å²) in [5.41, 5.74) is 1.78. The summed E-state index contributed by atoms with van der Waals surface area (Å²) in [5.74, 6) is 0.317. The van der Waals surface area contributed by atoms with E-state index in [4.69, 9.17) is 14.9 Å². The summed E-state index contributed by atoms with van der Waals surface area (Å²) in [6.07, 6.45) is 2.27. The van der Waals surface area contributed by atoms with Crippen molar-refractivity contribution in [2.45, 2.75) is 18.1 Å². The number of rotatable bonds is 8. The van der Waals surface area contributed by atoms with Crippen LogP contribution in [0.25, 0.3) is 22.4 Å². The van der Waals surface area contributed by atoms with Crippen LogP contribution in [0.1, 0.15) is 12.8 Å². The van der Waals surface area contributed by atoms with E-state index in [9.17, 15) is 4.79 Å². The summed E-state index contributed by atoms with van der Waals surface area (Å²) in [5, 5.41) is 26.7. The van der Waals surface area contributed by atoms with Crippen molar-refractivity contribution in [2.75, 3.05) is 18.8 Å². The first-order valence-corrected chi connectivity index (χ1v) is 9.26. The fourth-order valence-corrected chi connectivity index (χ4v) is 3.24. The standard InChI is InChI=1S/C18H16N6O2S/c19-7-3-9-24(10-4-8-20)16(25)12-27-18-23-22-17(26-18)14-11-21-15-6-2-1-5-13(14)15/h1-2,5-6,11,21H,3-4,9-10,12H2. The number of aromatic amines is 1. The minimum absolute atomic E-state index is 0.104. The van der Waals surface area contributed by atoms with E-state index in [2.05, 4.69) is 15.2 Å². The number of hydrogen-bond acceptors (Lipinski definition) is 7. The van der Waals surface area contributed by atoms with Gasteiger partial charge in [-0.05, 0) is 6.07 Å². The Kier molecular flexibility index (Phi) is 6.08. The maximum absolute atomic E-state index is 12.3. The van der Waals surface area contributed by atoms with Crippen LogP contribution >= 0.6 is 11.8 Å². The highest BCUT2D eigenvalue weighted by Gasteiger charge is 2.17. The maximum Gasteiger partial charge on any atom is 0.277 e. The zero-order valence-electron chi connectivity index (χ0n) is 14.4. The highest BCUT2D eigenvalue weighted by Crippen LogP contribution is 2.29. The predicted octanol–water partition coefficient (Wildman–Crippen LogP) is 2.97. The fraction of sp³-hybridized carbons (Fsp3) is 0.278. The molecule has 2 heterocycles. The molecule has 0 aliphatic carbocycles. The van der Waals surface area contributed by atoms with Crippen LogP contribution in [-0.2, 0) is 4.79 Å². The molecule has 1 amide bonds. The molecule has 1 N–H and O–H groups in total. The van der Waals surface area contributed by atoms with Crippen LogP contribution in [0.2, 0.25) is 0 Å². The molecule has 8 nitrogen and oxygen atoms in total. The third-order valence-corrected chi connectivity index (χ3v) is 4.69. The van der Waals surface area contributed by atoms with Gasteiger partial charge in [-0.2, -0.15) is 10.5 Å². The number of para-hydroxylation sites is 1. The maximum atomic E-state index is 12.3. The number of nitrogens with one attached hydrogen (secondary N) is 1. The van der Waals surface area contributed by atoms with E-state index < -0.39 is 0 Å². The number of aromatic nitrogens is 3. The molecular formula is C18H16N6O2S. The normalized spacial score (nSPS) is 10.4. The second kappa shape index (κ2) is 8.88. The van der Waals surface area contributed by atoms with Gasteiger partial charge in [0, 0.05) is 30.2 Å². The third kappa shape index (κ3) is 4.46. The smallest absolute Gasteiger partial charge is 0.277 e. The molecular weight excluding hydrogens is 364 g/mol. The van der Waals surface area contributed by atoms with Crippen LogP contribution in [0.4, 0.5) is 0 Å². The van der Waals surface area contributed by atoms with Gasteiger partial charge in [-0.3, -0.25) is 4.79 Å². The molecule has 1 aromatic carbocycles. The Morgan fingerprint density at radius 2 is 1.93 bits per heavy atom. The molecule has 0 aliphatic rings. The summed E-state index contributed by atoms with van der Waals surface area (Å²) in [6, 6.07) is 11.8. The van der Waals surface area contributed by atoms with E-state index in [1.807, 2.05) is 42.6 Å². The van der Waals surface area contributed by atoms with E-state index in [0.717, 1.165) is 28.2 Å². The van der Waals surface area contributed by atoms with Crippen molar-refractivity contribution >= 4 is 28.6 Å². The molecule has 0 saturated heterocycles. The minimum atomic E-state index is -0.169. The zero-order chi connectivity index (χ0) is 19.1. The van der Waals surface area contributed by atoms with Crippen LogP contribution in [-0.4, -0.2) is 44.8 Å². The Labute approximate surface area is 159 Å². The van der Waals surface area contributed by atoms with Gasteiger partial charge in [0.2, 0.25) is 5.91 Å². The molecule has 0 fully saturated rings. The van der Waals surface area contributed by atoms with Crippen molar-refractivity contribution < 1.29 is 9.21 Å². The number of carbonyl (C=O) groups excluding carboxylic acids is 1.